The van der Waals surface area contributed by atoms with Crippen LogP contribution in [0.4, 0.5) is 0 Å². The lowest BCUT2D eigenvalue weighted by Gasteiger charge is -2.26. The zero-order valence-corrected chi connectivity index (χ0v) is 13.3. The predicted octanol–water partition coefficient (Wildman–Crippen LogP) is -0.293. The average molecular weight is 333 g/mol. The van der Waals surface area contributed by atoms with E-state index in [4.69, 9.17) is 5.14 Å². The molecule has 0 bridgehead atoms. The van der Waals surface area contributed by atoms with Crippen LogP contribution in [0.25, 0.3) is 0 Å². The van der Waals surface area contributed by atoms with Gasteiger partial charge >= 0.3 is 0 Å². The second kappa shape index (κ2) is 6.01. The highest BCUT2D eigenvalue weighted by molar-refractivity contribution is 7.90. The van der Waals surface area contributed by atoms with Crippen molar-refractivity contribution in [3.05, 3.63) is 24.3 Å². The minimum Gasteiger partial charge on any atom is -0.315 e. The Morgan fingerprint density at radius 2 is 1.95 bits per heavy atom. The monoisotopic (exact) mass is 333 g/mol. The van der Waals surface area contributed by atoms with Gasteiger partial charge in [0.05, 0.1) is 9.79 Å². The van der Waals surface area contributed by atoms with Gasteiger partial charge in [0.2, 0.25) is 20.0 Å². The van der Waals surface area contributed by atoms with Gasteiger partial charge in [-0.15, -0.1) is 0 Å². The number of hydrogen-bond donors (Lipinski definition) is 2. The van der Waals surface area contributed by atoms with Crippen molar-refractivity contribution in [3.63, 3.8) is 0 Å². The van der Waals surface area contributed by atoms with Gasteiger partial charge in [-0.1, -0.05) is 13.0 Å². The molecule has 1 aromatic carbocycles. The summed E-state index contributed by atoms with van der Waals surface area (Å²) in [6.07, 6.45) is 0.738. The molecule has 3 N–H and O–H groups in total. The smallest absolute Gasteiger partial charge is 0.243 e. The third-order valence-corrected chi connectivity index (χ3v) is 6.43. The van der Waals surface area contributed by atoms with Gasteiger partial charge in [-0.05, 0) is 31.2 Å². The molecule has 21 heavy (non-hydrogen) atoms. The van der Waals surface area contributed by atoms with Crippen LogP contribution >= 0.6 is 0 Å². The summed E-state index contributed by atoms with van der Waals surface area (Å²) in [7, 11) is -7.68. The summed E-state index contributed by atoms with van der Waals surface area (Å²) in [5.41, 5.74) is 0. The Bertz CT molecular complexity index is 710. The number of benzene rings is 1. The number of rotatable bonds is 5. The molecule has 0 amide bonds. The van der Waals surface area contributed by atoms with Crippen LogP contribution in [-0.4, -0.2) is 46.8 Å². The lowest BCUT2D eigenvalue weighted by molar-refractivity contribution is 0.348. The molecule has 1 fully saturated rings. The molecular formula is C12H19N3O4S2. The van der Waals surface area contributed by atoms with Crippen molar-refractivity contribution in [2.75, 3.05) is 19.6 Å². The quantitative estimate of drug-likeness (QED) is 0.769. The van der Waals surface area contributed by atoms with Crippen molar-refractivity contribution in [2.45, 2.75) is 29.2 Å². The summed E-state index contributed by atoms with van der Waals surface area (Å²) in [5, 5.41) is 8.18. The van der Waals surface area contributed by atoms with Gasteiger partial charge in [-0.25, -0.2) is 22.0 Å². The van der Waals surface area contributed by atoms with E-state index < -0.39 is 20.0 Å². The number of primary sulfonamides is 1. The first kappa shape index (κ1) is 16.4. The summed E-state index contributed by atoms with van der Waals surface area (Å²) < 4.78 is 49.5. The molecule has 1 aliphatic rings. The normalized spacial score (nSPS) is 20.0. The highest BCUT2D eigenvalue weighted by Gasteiger charge is 2.32. The Morgan fingerprint density at radius 3 is 2.48 bits per heavy atom. The van der Waals surface area contributed by atoms with Crippen LogP contribution in [-0.2, 0) is 20.0 Å². The largest absolute Gasteiger partial charge is 0.315 e. The molecule has 0 saturated carbocycles. The molecule has 0 aromatic heterocycles. The van der Waals surface area contributed by atoms with Gasteiger partial charge in [0.15, 0.2) is 0 Å². The Kier molecular flexibility index (Phi) is 4.69. The molecule has 1 unspecified atom stereocenters. The van der Waals surface area contributed by atoms with Gasteiger partial charge in [0, 0.05) is 19.1 Å². The molecule has 0 spiro atoms. The maximum atomic E-state index is 12.7. The van der Waals surface area contributed by atoms with E-state index in [0.717, 1.165) is 19.0 Å². The van der Waals surface area contributed by atoms with E-state index in [9.17, 15) is 16.8 Å². The van der Waals surface area contributed by atoms with Crippen LogP contribution in [0.1, 0.15) is 13.3 Å². The number of likely N-dealkylation sites (N-methyl/N-ethyl adjacent to an activating group) is 1. The van der Waals surface area contributed by atoms with E-state index in [1.807, 2.05) is 0 Å². The molecule has 118 valence electrons. The molecule has 7 nitrogen and oxygen atoms in total. The maximum absolute atomic E-state index is 12.7. The van der Waals surface area contributed by atoms with Crippen molar-refractivity contribution in [3.8, 4) is 0 Å². The number of sulfonamides is 2. The zero-order valence-electron chi connectivity index (χ0n) is 11.7. The van der Waals surface area contributed by atoms with E-state index in [1.54, 1.807) is 6.92 Å². The topological polar surface area (TPSA) is 110 Å². The number of nitrogens with one attached hydrogen (secondary N) is 1. The highest BCUT2D eigenvalue weighted by Crippen LogP contribution is 2.22. The van der Waals surface area contributed by atoms with Gasteiger partial charge in [-0.2, -0.15) is 4.31 Å². The molecule has 9 heteroatoms. The Hall–Kier alpha value is -1.00. The standard InChI is InChI=1S/C12H19N3O4S2/c1-2-15(10-6-7-14-9-10)21(18,19)12-5-3-4-11(8-12)20(13,16)17/h3-5,8,10,14H,2,6-7,9H2,1H3,(H2,13,16,17). The SMILES string of the molecule is CCN(C1CCNC1)S(=O)(=O)c1cccc(S(N)(=O)=O)c1. The minimum atomic E-state index is -3.93. The molecule has 1 aromatic rings. The maximum Gasteiger partial charge on any atom is 0.243 e. The fourth-order valence-electron chi connectivity index (χ4n) is 2.46. The summed E-state index contributed by atoms with van der Waals surface area (Å²) in [5.74, 6) is 0. The lowest BCUT2D eigenvalue weighted by atomic mass is 10.3. The molecule has 0 radical (unpaired) electrons. The summed E-state index contributed by atoms with van der Waals surface area (Å²) in [6.45, 7) is 3.46. The molecule has 1 saturated heterocycles. The molecule has 1 heterocycles. The predicted molar refractivity (Wildman–Crippen MR) is 78.7 cm³/mol. The van der Waals surface area contributed by atoms with Crippen LogP contribution in [0.5, 0.6) is 0 Å². The first-order chi connectivity index (χ1) is 9.76. The highest BCUT2D eigenvalue weighted by atomic mass is 32.2. The number of hydrogen-bond acceptors (Lipinski definition) is 5. The minimum absolute atomic E-state index is 0.0530. The van der Waals surface area contributed by atoms with Crippen molar-refractivity contribution >= 4 is 20.0 Å². The number of nitrogens with two attached hydrogens (primary N) is 1. The van der Waals surface area contributed by atoms with Crippen molar-refractivity contribution in [1.29, 1.82) is 0 Å². The average Bonchev–Trinajstić information content (AvgIpc) is 2.92. The van der Waals surface area contributed by atoms with Gasteiger partial charge in [0.1, 0.15) is 0 Å². The second-order valence-electron chi connectivity index (χ2n) is 4.87. The van der Waals surface area contributed by atoms with Gasteiger partial charge < -0.3 is 5.32 Å². The third kappa shape index (κ3) is 3.43. The number of nitrogens with zero attached hydrogens (tertiary/aromatic N) is 1. The fourth-order valence-corrected chi connectivity index (χ4v) is 4.80. The molecular weight excluding hydrogens is 314 g/mol. The van der Waals surface area contributed by atoms with Crippen LogP contribution in [0.15, 0.2) is 34.1 Å². The van der Waals surface area contributed by atoms with E-state index >= 15 is 0 Å². The van der Waals surface area contributed by atoms with E-state index in [2.05, 4.69) is 5.32 Å². The second-order valence-corrected chi connectivity index (χ2v) is 8.33. The molecule has 2 rings (SSSR count). The van der Waals surface area contributed by atoms with E-state index in [0.29, 0.717) is 13.1 Å². The van der Waals surface area contributed by atoms with Crippen molar-refractivity contribution in [2.24, 2.45) is 5.14 Å². The first-order valence-electron chi connectivity index (χ1n) is 6.62. The zero-order chi connectivity index (χ0) is 15.7. The van der Waals surface area contributed by atoms with Crippen molar-refractivity contribution in [1.82, 2.24) is 9.62 Å². The van der Waals surface area contributed by atoms with Crippen molar-refractivity contribution < 1.29 is 16.8 Å². The Morgan fingerprint density at radius 1 is 1.29 bits per heavy atom. The van der Waals surface area contributed by atoms with E-state index in [1.165, 1.54) is 22.5 Å². The fraction of sp³-hybridized carbons (Fsp3) is 0.500. The summed E-state index contributed by atoms with van der Waals surface area (Å²) in [6, 6.07) is 5.04. The third-order valence-electron chi connectivity index (χ3n) is 3.49. The summed E-state index contributed by atoms with van der Waals surface area (Å²) in [4.78, 5) is -0.257. The first-order valence-corrected chi connectivity index (χ1v) is 9.61. The molecule has 1 atom stereocenters. The lowest BCUT2D eigenvalue weighted by Crippen LogP contribution is -2.41. The van der Waals surface area contributed by atoms with Crippen LogP contribution in [0.2, 0.25) is 0 Å². The van der Waals surface area contributed by atoms with Crippen LogP contribution in [0.3, 0.4) is 0 Å². The summed E-state index contributed by atoms with van der Waals surface area (Å²) >= 11 is 0. The Labute approximate surface area is 125 Å². The molecule has 1 aliphatic heterocycles. The Balaban J connectivity index is 2.43. The van der Waals surface area contributed by atoms with Gasteiger partial charge in [0.25, 0.3) is 0 Å². The van der Waals surface area contributed by atoms with Gasteiger partial charge in [-0.3, -0.25) is 0 Å². The molecule has 0 aliphatic carbocycles. The van der Waals surface area contributed by atoms with Crippen LogP contribution in [0, 0.1) is 0 Å². The van der Waals surface area contributed by atoms with E-state index in [-0.39, 0.29) is 15.8 Å². The van der Waals surface area contributed by atoms with Crippen LogP contribution < -0.4 is 10.5 Å².